The van der Waals surface area contributed by atoms with Crippen molar-refractivity contribution in [1.82, 2.24) is 5.16 Å². The second-order valence-electron chi connectivity index (χ2n) is 6.41. The number of hydrogen-bond donors (Lipinski definition) is 1. The summed E-state index contributed by atoms with van der Waals surface area (Å²) in [5, 5.41) is 6.80. The van der Waals surface area contributed by atoms with Crippen LogP contribution in [0, 0.1) is 13.8 Å². The maximum atomic E-state index is 12.8. The lowest BCUT2D eigenvalue weighted by atomic mass is 10.1. The summed E-state index contributed by atoms with van der Waals surface area (Å²) in [7, 11) is 1.62. The van der Waals surface area contributed by atoms with E-state index in [-0.39, 0.29) is 12.5 Å². The molecule has 2 aromatic carbocycles. The van der Waals surface area contributed by atoms with Gasteiger partial charge in [0.25, 0.3) is 5.91 Å². The van der Waals surface area contributed by atoms with Crippen LogP contribution in [0.25, 0.3) is 0 Å². The van der Waals surface area contributed by atoms with E-state index in [1.165, 1.54) is 0 Å². The van der Waals surface area contributed by atoms with Crippen LogP contribution in [-0.2, 0) is 11.3 Å². The zero-order valence-corrected chi connectivity index (χ0v) is 16.7. The Morgan fingerprint density at radius 1 is 1.03 bits per heavy atom. The molecule has 0 aliphatic carbocycles. The second kappa shape index (κ2) is 9.75. The number of hydrogen-bond acceptors (Lipinski definition) is 6. The van der Waals surface area contributed by atoms with E-state index in [1.807, 2.05) is 19.9 Å². The molecule has 0 bridgehead atoms. The van der Waals surface area contributed by atoms with Crippen LogP contribution >= 0.6 is 0 Å². The topological polar surface area (TPSA) is 82.8 Å². The van der Waals surface area contributed by atoms with E-state index in [9.17, 15) is 4.79 Å². The first-order valence-electron chi connectivity index (χ1n) is 9.25. The van der Waals surface area contributed by atoms with Gasteiger partial charge in [0, 0.05) is 12.8 Å². The molecule has 0 aliphatic heterocycles. The number of aryl methyl sites for hydroxylation is 2. The number of ether oxygens (including phenoxy) is 3. The molecule has 152 valence electrons. The molecule has 0 saturated heterocycles. The number of carbonyl (C=O) groups excluding carboxylic acids is 1. The molecule has 0 aliphatic rings. The molecule has 3 rings (SSSR count). The number of anilines is 1. The van der Waals surface area contributed by atoms with E-state index in [0.29, 0.717) is 41.7 Å². The number of nitrogens with one attached hydrogen (secondary N) is 1. The van der Waals surface area contributed by atoms with Gasteiger partial charge in [-0.05, 0) is 50.2 Å². The van der Waals surface area contributed by atoms with Gasteiger partial charge in [0.05, 0.1) is 23.4 Å². The number of amides is 1. The zero-order chi connectivity index (χ0) is 20.6. The van der Waals surface area contributed by atoms with Gasteiger partial charge in [-0.1, -0.05) is 17.3 Å². The van der Waals surface area contributed by atoms with Gasteiger partial charge in [0.1, 0.15) is 30.5 Å². The summed E-state index contributed by atoms with van der Waals surface area (Å²) in [5.74, 6) is 1.65. The lowest BCUT2D eigenvalue weighted by molar-refractivity contribution is 0.102. The van der Waals surface area contributed by atoms with E-state index >= 15 is 0 Å². The van der Waals surface area contributed by atoms with Crippen molar-refractivity contribution in [3.05, 3.63) is 71.1 Å². The molecule has 1 N–H and O–H groups in total. The van der Waals surface area contributed by atoms with E-state index in [1.54, 1.807) is 49.6 Å². The third kappa shape index (κ3) is 5.36. The summed E-state index contributed by atoms with van der Waals surface area (Å²) in [4.78, 5) is 12.8. The van der Waals surface area contributed by atoms with Crippen LogP contribution in [0.5, 0.6) is 11.5 Å². The highest BCUT2D eigenvalue weighted by Gasteiger charge is 2.15. The monoisotopic (exact) mass is 396 g/mol. The number of carbonyl (C=O) groups is 1. The number of para-hydroxylation sites is 1. The standard InChI is InChI=1S/C22H24N2O5/c1-15-20(16(2)29-24-15)14-28-21-7-5-4-6-19(21)22(25)23-17-8-10-18(11-9-17)27-13-12-26-3/h4-11H,12-14H2,1-3H3,(H,23,25). The maximum absolute atomic E-state index is 12.8. The third-order valence-corrected chi connectivity index (χ3v) is 4.35. The van der Waals surface area contributed by atoms with E-state index in [0.717, 1.165) is 11.3 Å². The van der Waals surface area contributed by atoms with Gasteiger partial charge in [0.2, 0.25) is 0 Å². The molecule has 1 amide bonds. The van der Waals surface area contributed by atoms with Crippen LogP contribution in [0.3, 0.4) is 0 Å². The van der Waals surface area contributed by atoms with Crippen molar-refractivity contribution < 1.29 is 23.5 Å². The Labute approximate surface area is 169 Å². The van der Waals surface area contributed by atoms with Gasteiger partial charge in [-0.2, -0.15) is 0 Å². The minimum atomic E-state index is -0.257. The Kier molecular flexibility index (Phi) is 6.86. The molecule has 1 aromatic heterocycles. The fourth-order valence-electron chi connectivity index (χ4n) is 2.71. The fourth-order valence-corrected chi connectivity index (χ4v) is 2.71. The van der Waals surface area contributed by atoms with Crippen molar-refractivity contribution in [2.45, 2.75) is 20.5 Å². The molecular weight excluding hydrogens is 372 g/mol. The van der Waals surface area contributed by atoms with Crippen molar-refractivity contribution in [2.75, 3.05) is 25.6 Å². The minimum Gasteiger partial charge on any atom is -0.491 e. The van der Waals surface area contributed by atoms with Crippen molar-refractivity contribution in [3.8, 4) is 11.5 Å². The molecule has 0 unspecified atom stereocenters. The van der Waals surface area contributed by atoms with Gasteiger partial charge in [-0.15, -0.1) is 0 Å². The molecule has 0 spiro atoms. The van der Waals surface area contributed by atoms with E-state index in [4.69, 9.17) is 18.7 Å². The molecule has 29 heavy (non-hydrogen) atoms. The highest BCUT2D eigenvalue weighted by molar-refractivity contribution is 6.06. The van der Waals surface area contributed by atoms with Crippen molar-refractivity contribution >= 4 is 11.6 Å². The zero-order valence-electron chi connectivity index (χ0n) is 16.7. The summed E-state index contributed by atoms with van der Waals surface area (Å²) in [5.41, 5.74) is 2.76. The molecule has 1 heterocycles. The lowest BCUT2D eigenvalue weighted by Gasteiger charge is -2.12. The van der Waals surface area contributed by atoms with Gasteiger partial charge in [0.15, 0.2) is 0 Å². The molecule has 7 nitrogen and oxygen atoms in total. The Hall–Kier alpha value is -3.32. The predicted octanol–water partition coefficient (Wildman–Crippen LogP) is 4.15. The van der Waals surface area contributed by atoms with E-state index < -0.39 is 0 Å². The minimum absolute atomic E-state index is 0.257. The summed E-state index contributed by atoms with van der Waals surface area (Å²) in [6.45, 7) is 4.96. The van der Waals surface area contributed by atoms with Crippen LogP contribution in [0.4, 0.5) is 5.69 Å². The second-order valence-corrected chi connectivity index (χ2v) is 6.41. The first-order chi connectivity index (χ1) is 14.1. The Morgan fingerprint density at radius 3 is 2.48 bits per heavy atom. The summed E-state index contributed by atoms with van der Waals surface area (Å²) in [6.07, 6.45) is 0. The first kappa shape index (κ1) is 20.4. The summed E-state index contributed by atoms with van der Waals surface area (Å²) < 4.78 is 21.5. The number of methoxy groups -OCH3 is 1. The molecule has 0 atom stereocenters. The van der Waals surface area contributed by atoms with E-state index in [2.05, 4.69) is 10.5 Å². The number of rotatable bonds is 9. The lowest BCUT2D eigenvalue weighted by Crippen LogP contribution is -2.14. The maximum Gasteiger partial charge on any atom is 0.259 e. The molecule has 0 saturated carbocycles. The first-order valence-corrected chi connectivity index (χ1v) is 9.25. The molecule has 3 aromatic rings. The fraction of sp³-hybridized carbons (Fsp3) is 0.273. The smallest absolute Gasteiger partial charge is 0.259 e. The SMILES string of the molecule is COCCOc1ccc(NC(=O)c2ccccc2OCc2c(C)noc2C)cc1. The predicted molar refractivity (Wildman–Crippen MR) is 109 cm³/mol. The van der Waals surface area contributed by atoms with Gasteiger partial charge >= 0.3 is 0 Å². The van der Waals surface area contributed by atoms with Crippen LogP contribution in [0.15, 0.2) is 53.1 Å². The quantitative estimate of drug-likeness (QED) is 0.547. The van der Waals surface area contributed by atoms with Gasteiger partial charge < -0.3 is 24.1 Å². The molecule has 7 heteroatoms. The summed E-state index contributed by atoms with van der Waals surface area (Å²) >= 11 is 0. The number of nitrogens with zero attached hydrogens (tertiary/aromatic N) is 1. The highest BCUT2D eigenvalue weighted by Crippen LogP contribution is 2.23. The van der Waals surface area contributed by atoms with Crippen LogP contribution in [0.1, 0.15) is 27.4 Å². The van der Waals surface area contributed by atoms with Crippen LogP contribution < -0.4 is 14.8 Å². The van der Waals surface area contributed by atoms with Crippen molar-refractivity contribution in [3.63, 3.8) is 0 Å². The Bertz CT molecular complexity index is 931. The average Bonchev–Trinajstić information content (AvgIpc) is 3.05. The van der Waals surface area contributed by atoms with Gasteiger partial charge in [-0.25, -0.2) is 0 Å². The Morgan fingerprint density at radius 2 is 1.79 bits per heavy atom. The average molecular weight is 396 g/mol. The van der Waals surface area contributed by atoms with Crippen molar-refractivity contribution in [1.29, 1.82) is 0 Å². The van der Waals surface area contributed by atoms with Crippen LogP contribution in [-0.4, -0.2) is 31.4 Å². The van der Waals surface area contributed by atoms with Crippen LogP contribution in [0.2, 0.25) is 0 Å². The Balaban J connectivity index is 1.65. The summed E-state index contributed by atoms with van der Waals surface area (Å²) in [6, 6.07) is 14.3. The van der Waals surface area contributed by atoms with Crippen molar-refractivity contribution in [2.24, 2.45) is 0 Å². The molecular formula is C22H24N2O5. The number of aromatic nitrogens is 1. The molecule has 0 fully saturated rings. The normalized spacial score (nSPS) is 10.6. The third-order valence-electron chi connectivity index (χ3n) is 4.35. The number of benzene rings is 2. The largest absolute Gasteiger partial charge is 0.491 e. The van der Waals surface area contributed by atoms with Gasteiger partial charge in [-0.3, -0.25) is 4.79 Å². The highest BCUT2D eigenvalue weighted by atomic mass is 16.5. The molecule has 0 radical (unpaired) electrons.